The van der Waals surface area contributed by atoms with Gasteiger partial charge in [-0.25, -0.2) is 0 Å². The Kier molecular flexibility index (Phi) is 5.54. The molecular weight excluding hydrogens is 508 g/mol. The van der Waals surface area contributed by atoms with Crippen LogP contribution in [0.15, 0.2) is 53.3 Å². The van der Waals surface area contributed by atoms with Crippen molar-refractivity contribution in [2.45, 2.75) is 13.3 Å². The van der Waals surface area contributed by atoms with Crippen molar-refractivity contribution in [2.75, 3.05) is 0 Å². The summed E-state index contributed by atoms with van der Waals surface area (Å²) in [4.78, 5) is 20.9. The molecule has 0 amide bonds. The molecule has 0 aliphatic carbocycles. The van der Waals surface area contributed by atoms with E-state index < -0.39 is 0 Å². The van der Waals surface area contributed by atoms with E-state index in [0.717, 1.165) is 22.1 Å². The van der Waals surface area contributed by atoms with Gasteiger partial charge in [0.05, 0.1) is 37.5 Å². The van der Waals surface area contributed by atoms with Crippen molar-refractivity contribution in [1.82, 2.24) is 24.9 Å². The second-order valence-corrected chi connectivity index (χ2v) is 8.17. The first-order valence-electron chi connectivity index (χ1n) is 9.90. The van der Waals surface area contributed by atoms with Crippen LogP contribution in [0.25, 0.3) is 22.1 Å². The van der Waals surface area contributed by atoms with Gasteiger partial charge >= 0.3 is 6.01 Å². The van der Waals surface area contributed by atoms with Crippen LogP contribution in [0.4, 0.5) is 0 Å². The van der Waals surface area contributed by atoms with Gasteiger partial charge in [-0.15, -0.1) is 0 Å². The predicted octanol–water partition coefficient (Wildman–Crippen LogP) is 6.34. The van der Waals surface area contributed by atoms with Crippen LogP contribution >= 0.6 is 27.5 Å². The van der Waals surface area contributed by atoms with E-state index >= 15 is 0 Å². The minimum Gasteiger partial charge on any atom is -0.436 e. The highest BCUT2D eigenvalue weighted by Gasteiger charge is 2.20. The highest BCUT2D eigenvalue weighted by Crippen LogP contribution is 2.39. The van der Waals surface area contributed by atoms with Gasteiger partial charge in [0.15, 0.2) is 0 Å². The lowest BCUT2D eigenvalue weighted by molar-refractivity contribution is 0.417. The fourth-order valence-corrected chi connectivity index (χ4v) is 4.25. The van der Waals surface area contributed by atoms with E-state index in [0.29, 0.717) is 38.6 Å². The number of ether oxygens (including phenoxy) is 2. The average Bonchev–Trinajstić information content (AvgIpc) is 3.15. The van der Waals surface area contributed by atoms with Gasteiger partial charge in [0.2, 0.25) is 5.88 Å². The zero-order chi connectivity index (χ0) is 22.9. The fourth-order valence-electron chi connectivity index (χ4n) is 3.29. The molecule has 0 radical (unpaired) electrons. The summed E-state index contributed by atoms with van der Waals surface area (Å²) >= 11 is 9.94. The molecule has 8 nitrogen and oxygen atoms in total. The highest BCUT2D eigenvalue weighted by molar-refractivity contribution is 9.10. The third-order valence-corrected chi connectivity index (χ3v) is 6.05. The van der Waals surface area contributed by atoms with Crippen LogP contribution in [-0.4, -0.2) is 24.9 Å². The van der Waals surface area contributed by atoms with Gasteiger partial charge in [-0.3, -0.25) is 9.97 Å². The van der Waals surface area contributed by atoms with E-state index in [1.54, 1.807) is 36.7 Å². The summed E-state index contributed by atoms with van der Waals surface area (Å²) in [6, 6.07) is 12.3. The molecular formula is C23H14BrClN6O2. The summed E-state index contributed by atoms with van der Waals surface area (Å²) in [7, 11) is 0. The average molecular weight is 522 g/mol. The van der Waals surface area contributed by atoms with Crippen LogP contribution in [0.3, 0.4) is 0 Å². The molecule has 5 rings (SSSR count). The molecule has 33 heavy (non-hydrogen) atoms. The normalized spacial score (nSPS) is 11.0. The Hall–Kier alpha value is -3.74. The predicted molar refractivity (Wildman–Crippen MR) is 127 cm³/mol. The lowest BCUT2D eigenvalue weighted by Crippen LogP contribution is -1.97. The van der Waals surface area contributed by atoms with E-state index in [4.69, 9.17) is 26.3 Å². The highest BCUT2D eigenvalue weighted by atomic mass is 79.9. The second-order valence-electron chi connectivity index (χ2n) is 6.97. The van der Waals surface area contributed by atoms with Crippen LogP contribution in [0.5, 0.6) is 23.4 Å². The Balaban J connectivity index is 1.59. The maximum absolute atomic E-state index is 9.09. The molecule has 3 heterocycles. The Morgan fingerprint density at radius 1 is 1.06 bits per heavy atom. The Morgan fingerprint density at radius 3 is 2.64 bits per heavy atom. The fraction of sp³-hybridized carbons (Fsp3) is 0.0870. The largest absolute Gasteiger partial charge is 0.436 e. The number of aryl methyl sites for hydroxylation is 1. The van der Waals surface area contributed by atoms with Crippen molar-refractivity contribution in [3.05, 3.63) is 69.5 Å². The van der Waals surface area contributed by atoms with E-state index in [2.05, 4.69) is 40.8 Å². The number of rotatable bonds is 5. The number of benzene rings is 2. The molecule has 1 N–H and O–H groups in total. The molecule has 0 fully saturated rings. The van der Waals surface area contributed by atoms with Crippen molar-refractivity contribution < 1.29 is 9.47 Å². The van der Waals surface area contributed by atoms with Gasteiger partial charge < -0.3 is 14.5 Å². The molecule has 5 aromatic rings. The number of aromatic nitrogens is 5. The monoisotopic (exact) mass is 520 g/mol. The first kappa shape index (κ1) is 21.1. The van der Waals surface area contributed by atoms with E-state index in [9.17, 15) is 0 Å². The molecule has 0 atom stereocenters. The topological polar surface area (TPSA) is 110 Å². The third kappa shape index (κ3) is 4.06. The maximum Gasteiger partial charge on any atom is 0.327 e. The number of nitriles is 1. The van der Waals surface area contributed by atoms with Gasteiger partial charge in [0, 0.05) is 24.2 Å². The summed E-state index contributed by atoms with van der Waals surface area (Å²) in [5, 5.41) is 10.0. The van der Waals surface area contributed by atoms with Crippen molar-refractivity contribution in [2.24, 2.45) is 0 Å². The molecule has 10 heteroatoms. The number of fused-ring (bicyclic) bond motifs is 2. The molecule has 0 aliphatic rings. The van der Waals surface area contributed by atoms with Crippen molar-refractivity contribution in [3.8, 4) is 29.5 Å². The van der Waals surface area contributed by atoms with E-state index in [1.807, 2.05) is 19.1 Å². The number of aromatic amines is 1. The summed E-state index contributed by atoms with van der Waals surface area (Å²) < 4.78 is 12.8. The van der Waals surface area contributed by atoms with Crippen LogP contribution in [-0.2, 0) is 6.42 Å². The Labute approximate surface area is 201 Å². The van der Waals surface area contributed by atoms with Crippen LogP contribution in [0, 0.1) is 11.3 Å². The number of hydrogen-bond donors (Lipinski definition) is 1. The second kappa shape index (κ2) is 8.65. The first-order valence-corrected chi connectivity index (χ1v) is 11.1. The standard InChI is InChI=1S/C23H14BrClN6O2/c1-2-15-20(24)19-21(29-15)30-23(32-13-4-5-16-17(10-13)28-8-7-27-16)31-22(19)33-18-6-3-12(11-26)9-14(18)25/h3-10H,2H2,1H3,(H,29,30,31). The summed E-state index contributed by atoms with van der Waals surface area (Å²) in [5.74, 6) is 1.12. The van der Waals surface area contributed by atoms with Gasteiger partial charge in [-0.1, -0.05) is 18.5 Å². The van der Waals surface area contributed by atoms with Crippen molar-refractivity contribution in [3.63, 3.8) is 0 Å². The molecule has 0 saturated heterocycles. The minimum absolute atomic E-state index is 0.0851. The number of hydrogen-bond acceptors (Lipinski definition) is 7. The third-order valence-electron chi connectivity index (χ3n) is 4.88. The van der Waals surface area contributed by atoms with Crippen molar-refractivity contribution in [1.29, 1.82) is 5.26 Å². The van der Waals surface area contributed by atoms with Gasteiger partial charge in [0.1, 0.15) is 17.1 Å². The van der Waals surface area contributed by atoms with Gasteiger partial charge in [0.25, 0.3) is 0 Å². The maximum atomic E-state index is 9.09. The van der Waals surface area contributed by atoms with E-state index in [-0.39, 0.29) is 11.9 Å². The van der Waals surface area contributed by atoms with Crippen molar-refractivity contribution >= 4 is 49.6 Å². The molecule has 0 spiro atoms. The van der Waals surface area contributed by atoms with Crippen LogP contribution in [0.2, 0.25) is 5.02 Å². The molecule has 0 bridgehead atoms. The molecule has 0 unspecified atom stereocenters. The smallest absolute Gasteiger partial charge is 0.327 e. The first-order chi connectivity index (χ1) is 16.1. The van der Waals surface area contributed by atoms with Crippen LogP contribution in [0.1, 0.15) is 18.2 Å². The van der Waals surface area contributed by atoms with E-state index in [1.165, 1.54) is 6.07 Å². The molecule has 0 saturated carbocycles. The number of halogens is 2. The molecule has 3 aromatic heterocycles. The lowest BCUT2D eigenvalue weighted by Gasteiger charge is -2.10. The van der Waals surface area contributed by atoms with Gasteiger partial charge in [-0.05, 0) is 52.7 Å². The summed E-state index contributed by atoms with van der Waals surface area (Å²) in [6.45, 7) is 2.02. The zero-order valence-electron chi connectivity index (χ0n) is 17.1. The minimum atomic E-state index is 0.0851. The quantitative estimate of drug-likeness (QED) is 0.287. The molecule has 162 valence electrons. The Bertz CT molecular complexity index is 1560. The summed E-state index contributed by atoms with van der Waals surface area (Å²) in [6.07, 6.45) is 3.99. The molecule has 0 aliphatic heterocycles. The summed E-state index contributed by atoms with van der Waals surface area (Å²) in [5.41, 5.74) is 3.35. The zero-order valence-corrected chi connectivity index (χ0v) is 19.5. The number of H-pyrrole nitrogens is 1. The Morgan fingerprint density at radius 2 is 1.88 bits per heavy atom. The molecule has 2 aromatic carbocycles. The number of nitrogens with zero attached hydrogens (tertiary/aromatic N) is 5. The van der Waals surface area contributed by atoms with Gasteiger partial charge in [-0.2, -0.15) is 15.2 Å². The lowest BCUT2D eigenvalue weighted by atomic mass is 10.2. The SMILES string of the molecule is CCc1[nH]c2nc(Oc3ccc4nccnc4c3)nc(Oc3ccc(C#N)cc3Cl)c2c1Br. The van der Waals surface area contributed by atoms with Crippen LogP contribution < -0.4 is 9.47 Å². The number of nitrogens with one attached hydrogen (secondary N) is 1.